The highest BCUT2D eigenvalue weighted by molar-refractivity contribution is 6.30. The Balaban J connectivity index is 1.89. The Morgan fingerprint density at radius 3 is 2.95 bits per heavy atom. The third kappa shape index (κ3) is 2.71. The van der Waals surface area contributed by atoms with Gasteiger partial charge >= 0.3 is 0 Å². The van der Waals surface area contributed by atoms with Crippen molar-refractivity contribution in [2.45, 2.75) is 6.42 Å². The molecule has 0 aliphatic heterocycles. The summed E-state index contributed by atoms with van der Waals surface area (Å²) in [6.45, 7) is 0. The molecule has 1 N–H and O–H groups in total. The zero-order chi connectivity index (χ0) is 14.8. The average molecular weight is 306 g/mol. The van der Waals surface area contributed by atoms with Crippen LogP contribution < -0.4 is 0 Å². The van der Waals surface area contributed by atoms with Gasteiger partial charge in [0.1, 0.15) is 11.6 Å². The molecule has 2 heterocycles. The minimum absolute atomic E-state index is 0.0444. The number of aromatic nitrogens is 3. The van der Waals surface area contributed by atoms with Gasteiger partial charge in [0.15, 0.2) is 5.82 Å². The van der Waals surface area contributed by atoms with Gasteiger partial charge in [-0.1, -0.05) is 28.9 Å². The third-order valence-electron chi connectivity index (χ3n) is 2.88. The molecule has 0 radical (unpaired) electrons. The van der Waals surface area contributed by atoms with Crippen molar-refractivity contribution in [1.82, 2.24) is 15.1 Å². The molecule has 0 aliphatic carbocycles. The molecule has 0 spiro atoms. The molecule has 0 fully saturated rings. The lowest BCUT2D eigenvalue weighted by molar-refractivity contribution is 0.418. The predicted octanol–water partition coefficient (Wildman–Crippen LogP) is 3.22. The van der Waals surface area contributed by atoms with Crippen LogP contribution in [-0.2, 0) is 6.42 Å². The zero-order valence-electron chi connectivity index (χ0n) is 10.6. The van der Waals surface area contributed by atoms with Crippen LogP contribution in [0.3, 0.4) is 0 Å². The number of hydrogen-bond acceptors (Lipinski definition) is 5. The Morgan fingerprint density at radius 1 is 1.29 bits per heavy atom. The van der Waals surface area contributed by atoms with Gasteiger partial charge in [-0.3, -0.25) is 4.98 Å². The van der Waals surface area contributed by atoms with Gasteiger partial charge in [0, 0.05) is 12.6 Å². The van der Waals surface area contributed by atoms with Crippen molar-refractivity contribution in [3.63, 3.8) is 0 Å². The fourth-order valence-corrected chi connectivity index (χ4v) is 2.05. The smallest absolute Gasteiger partial charge is 0.261 e. The van der Waals surface area contributed by atoms with E-state index in [0.29, 0.717) is 17.0 Å². The van der Waals surface area contributed by atoms with Crippen molar-refractivity contribution < 1.29 is 14.0 Å². The molecule has 0 atom stereocenters. The number of benzene rings is 1. The van der Waals surface area contributed by atoms with Gasteiger partial charge in [-0.05, 0) is 17.7 Å². The van der Waals surface area contributed by atoms with Crippen LogP contribution in [0, 0.1) is 5.82 Å². The number of nitrogens with zero attached hydrogens (tertiary/aromatic N) is 3. The number of aromatic hydroxyl groups is 1. The van der Waals surface area contributed by atoms with Gasteiger partial charge in [0.2, 0.25) is 0 Å². The molecular formula is C14H9ClFN3O2. The molecule has 0 saturated carbocycles. The highest BCUT2D eigenvalue weighted by Crippen LogP contribution is 2.27. The first-order valence-electron chi connectivity index (χ1n) is 6.04. The van der Waals surface area contributed by atoms with E-state index in [2.05, 4.69) is 15.1 Å². The second-order valence-electron chi connectivity index (χ2n) is 4.30. The summed E-state index contributed by atoms with van der Waals surface area (Å²) in [7, 11) is 0. The molecule has 0 aliphatic rings. The zero-order valence-corrected chi connectivity index (χ0v) is 11.4. The van der Waals surface area contributed by atoms with Gasteiger partial charge in [-0.15, -0.1) is 0 Å². The summed E-state index contributed by atoms with van der Waals surface area (Å²) >= 11 is 5.72. The van der Waals surface area contributed by atoms with Crippen LogP contribution in [0.5, 0.6) is 5.75 Å². The van der Waals surface area contributed by atoms with Crippen molar-refractivity contribution in [3.05, 3.63) is 58.9 Å². The van der Waals surface area contributed by atoms with Crippen molar-refractivity contribution in [1.29, 1.82) is 0 Å². The topological polar surface area (TPSA) is 72.0 Å². The maximum absolute atomic E-state index is 13.8. The van der Waals surface area contributed by atoms with Crippen molar-refractivity contribution in [3.8, 4) is 17.2 Å². The van der Waals surface area contributed by atoms with E-state index in [1.807, 2.05) is 0 Å². The Morgan fingerprint density at radius 2 is 2.14 bits per heavy atom. The highest BCUT2D eigenvalue weighted by atomic mass is 35.5. The lowest BCUT2D eigenvalue weighted by atomic mass is 10.1. The first-order chi connectivity index (χ1) is 10.1. The molecule has 0 saturated heterocycles. The minimum atomic E-state index is -0.503. The Kier molecular flexibility index (Phi) is 3.53. The van der Waals surface area contributed by atoms with E-state index >= 15 is 0 Å². The Labute approximate surface area is 124 Å². The number of pyridine rings is 1. The summed E-state index contributed by atoms with van der Waals surface area (Å²) in [6.07, 6.45) is 2.91. The summed E-state index contributed by atoms with van der Waals surface area (Å²) in [5, 5.41) is 13.5. The lowest BCUT2D eigenvalue weighted by Crippen LogP contribution is -1.95. The predicted molar refractivity (Wildman–Crippen MR) is 73.4 cm³/mol. The van der Waals surface area contributed by atoms with E-state index < -0.39 is 5.82 Å². The van der Waals surface area contributed by atoms with Crippen LogP contribution in [0.15, 0.2) is 41.2 Å². The van der Waals surface area contributed by atoms with Crippen LogP contribution in [0.4, 0.5) is 4.39 Å². The fourth-order valence-electron chi connectivity index (χ4n) is 1.86. The number of halogens is 2. The molecule has 0 amide bonds. The van der Waals surface area contributed by atoms with Crippen LogP contribution in [0.25, 0.3) is 11.5 Å². The summed E-state index contributed by atoms with van der Waals surface area (Å²) < 4.78 is 18.9. The first-order valence-corrected chi connectivity index (χ1v) is 6.42. The second-order valence-corrected chi connectivity index (χ2v) is 4.71. The molecular weight excluding hydrogens is 297 g/mol. The number of rotatable bonds is 3. The molecule has 5 nitrogen and oxygen atoms in total. The molecule has 1 aromatic carbocycles. The van der Waals surface area contributed by atoms with E-state index in [-0.39, 0.29) is 23.1 Å². The normalized spacial score (nSPS) is 10.8. The van der Waals surface area contributed by atoms with Gasteiger partial charge in [0.05, 0.1) is 16.8 Å². The molecule has 7 heteroatoms. The van der Waals surface area contributed by atoms with Crippen LogP contribution in [0.1, 0.15) is 11.4 Å². The molecule has 106 valence electrons. The quantitative estimate of drug-likeness (QED) is 0.804. The number of hydrogen-bond donors (Lipinski definition) is 1. The monoisotopic (exact) mass is 305 g/mol. The average Bonchev–Trinajstić information content (AvgIpc) is 2.93. The molecule has 3 rings (SSSR count). The molecule has 0 bridgehead atoms. The first kappa shape index (κ1) is 13.5. The molecule has 0 unspecified atom stereocenters. The van der Waals surface area contributed by atoms with Crippen LogP contribution in [0.2, 0.25) is 5.02 Å². The van der Waals surface area contributed by atoms with Crippen LogP contribution >= 0.6 is 11.6 Å². The summed E-state index contributed by atoms with van der Waals surface area (Å²) in [5.41, 5.74) is 0.740. The SMILES string of the molecule is Oc1cnccc1-c1nc(Cc2cccc(Cl)c2F)no1. The highest BCUT2D eigenvalue weighted by Gasteiger charge is 2.15. The molecule has 3 aromatic rings. The minimum Gasteiger partial charge on any atom is -0.505 e. The lowest BCUT2D eigenvalue weighted by Gasteiger charge is -2.00. The Hall–Kier alpha value is -2.47. The summed E-state index contributed by atoms with van der Waals surface area (Å²) in [4.78, 5) is 7.89. The van der Waals surface area contributed by atoms with E-state index in [1.54, 1.807) is 18.2 Å². The second kappa shape index (κ2) is 5.49. The summed E-state index contributed by atoms with van der Waals surface area (Å²) in [6, 6.07) is 6.27. The van der Waals surface area contributed by atoms with Crippen molar-refractivity contribution >= 4 is 11.6 Å². The largest absolute Gasteiger partial charge is 0.505 e. The molecule has 2 aromatic heterocycles. The van der Waals surface area contributed by atoms with Gasteiger partial charge in [-0.25, -0.2) is 4.39 Å². The van der Waals surface area contributed by atoms with E-state index in [9.17, 15) is 9.50 Å². The fraction of sp³-hybridized carbons (Fsp3) is 0.0714. The van der Waals surface area contributed by atoms with Gasteiger partial charge < -0.3 is 9.63 Å². The maximum atomic E-state index is 13.8. The van der Waals surface area contributed by atoms with E-state index in [4.69, 9.17) is 16.1 Å². The van der Waals surface area contributed by atoms with Crippen molar-refractivity contribution in [2.75, 3.05) is 0 Å². The maximum Gasteiger partial charge on any atom is 0.261 e. The van der Waals surface area contributed by atoms with E-state index in [0.717, 1.165) is 0 Å². The van der Waals surface area contributed by atoms with E-state index in [1.165, 1.54) is 18.5 Å². The molecule has 21 heavy (non-hydrogen) atoms. The summed E-state index contributed by atoms with van der Waals surface area (Å²) in [5.74, 6) is -0.131. The Bertz CT molecular complexity index is 791. The third-order valence-corrected chi connectivity index (χ3v) is 3.17. The van der Waals surface area contributed by atoms with Crippen LogP contribution in [-0.4, -0.2) is 20.2 Å². The van der Waals surface area contributed by atoms with Crippen molar-refractivity contribution in [2.24, 2.45) is 0 Å². The standard InChI is InChI=1S/C14H9ClFN3O2/c15-10-3-1-2-8(13(10)16)6-12-18-14(21-19-12)9-4-5-17-7-11(9)20/h1-5,7,20H,6H2. The van der Waals surface area contributed by atoms with Gasteiger partial charge in [0.25, 0.3) is 5.89 Å². The van der Waals surface area contributed by atoms with Gasteiger partial charge in [-0.2, -0.15) is 4.98 Å².